The number of benzene rings is 1. The van der Waals surface area contributed by atoms with Gasteiger partial charge in [0.2, 0.25) is 5.91 Å². The van der Waals surface area contributed by atoms with Crippen molar-refractivity contribution in [3.63, 3.8) is 0 Å². The predicted molar refractivity (Wildman–Crippen MR) is 98.8 cm³/mol. The molecule has 4 nitrogen and oxygen atoms in total. The Labute approximate surface area is 151 Å². The number of phenolic OH excluding ortho intramolecular Hbond substituents is 1. The van der Waals surface area contributed by atoms with Crippen molar-refractivity contribution in [1.29, 1.82) is 0 Å². The maximum absolute atomic E-state index is 12.3. The molecule has 1 aromatic carbocycles. The van der Waals surface area contributed by atoms with E-state index in [2.05, 4.69) is 5.32 Å². The molecule has 0 aliphatic heterocycles. The molecule has 4 heteroatoms. The van der Waals surface area contributed by atoms with Crippen LogP contribution in [-0.2, 0) is 11.2 Å². The minimum atomic E-state index is 0.0608. The summed E-state index contributed by atoms with van der Waals surface area (Å²) >= 11 is 0. The average molecular weight is 345 g/mol. The smallest absolute Gasteiger partial charge is 0.224 e. The molecule has 2 saturated carbocycles. The largest absolute Gasteiger partial charge is 0.504 e. The minimum absolute atomic E-state index is 0.0608. The van der Waals surface area contributed by atoms with Crippen molar-refractivity contribution >= 4 is 5.91 Å². The maximum atomic E-state index is 12.3. The Morgan fingerprint density at radius 1 is 1.12 bits per heavy atom. The van der Waals surface area contributed by atoms with Crippen LogP contribution in [0.1, 0.15) is 63.4 Å². The first kappa shape index (κ1) is 18.1. The number of phenols is 1. The lowest BCUT2D eigenvalue weighted by molar-refractivity contribution is -0.121. The van der Waals surface area contributed by atoms with Gasteiger partial charge in [-0.2, -0.15) is 0 Å². The van der Waals surface area contributed by atoms with Gasteiger partial charge >= 0.3 is 0 Å². The molecule has 0 spiro atoms. The molecule has 138 valence electrons. The average Bonchev–Trinajstić information content (AvgIpc) is 2.56. The van der Waals surface area contributed by atoms with E-state index in [4.69, 9.17) is 4.74 Å². The summed E-state index contributed by atoms with van der Waals surface area (Å²) in [6.07, 6.45) is 12.2. The molecule has 1 aromatic rings. The summed E-state index contributed by atoms with van der Waals surface area (Å²) in [7, 11) is 1.52. The lowest BCUT2D eigenvalue weighted by atomic mass is 9.77. The van der Waals surface area contributed by atoms with E-state index in [1.165, 1.54) is 52.1 Å². The van der Waals surface area contributed by atoms with E-state index in [1.54, 1.807) is 18.2 Å². The second-order valence-corrected chi connectivity index (χ2v) is 7.84. The Balaban J connectivity index is 1.38. The Morgan fingerprint density at radius 2 is 1.80 bits per heavy atom. The number of carbonyl (C=O) groups is 1. The maximum Gasteiger partial charge on any atom is 0.224 e. The number of amides is 1. The Bertz CT molecular complexity index is 575. The van der Waals surface area contributed by atoms with Crippen LogP contribution in [0.3, 0.4) is 0 Å². The van der Waals surface area contributed by atoms with Crippen molar-refractivity contribution in [2.75, 3.05) is 7.11 Å². The quantitative estimate of drug-likeness (QED) is 0.779. The van der Waals surface area contributed by atoms with E-state index in [-0.39, 0.29) is 11.7 Å². The molecule has 25 heavy (non-hydrogen) atoms. The molecule has 0 aromatic heterocycles. The van der Waals surface area contributed by atoms with E-state index in [9.17, 15) is 9.90 Å². The first-order chi connectivity index (χ1) is 12.1. The van der Waals surface area contributed by atoms with Gasteiger partial charge in [-0.3, -0.25) is 4.79 Å². The van der Waals surface area contributed by atoms with Crippen LogP contribution in [0.2, 0.25) is 0 Å². The van der Waals surface area contributed by atoms with Gasteiger partial charge in [-0.1, -0.05) is 38.2 Å². The Kier molecular flexibility index (Phi) is 6.22. The van der Waals surface area contributed by atoms with E-state index in [0.717, 1.165) is 30.2 Å². The van der Waals surface area contributed by atoms with Crippen molar-refractivity contribution in [1.82, 2.24) is 5.32 Å². The monoisotopic (exact) mass is 345 g/mol. The van der Waals surface area contributed by atoms with Crippen LogP contribution >= 0.6 is 0 Å². The van der Waals surface area contributed by atoms with Gasteiger partial charge in [0.05, 0.1) is 13.5 Å². The third-order valence-electron chi connectivity index (χ3n) is 6.03. The van der Waals surface area contributed by atoms with Gasteiger partial charge in [-0.25, -0.2) is 0 Å². The summed E-state index contributed by atoms with van der Waals surface area (Å²) < 4.78 is 5.10. The predicted octanol–water partition coefficient (Wildman–Crippen LogP) is 4.20. The summed E-state index contributed by atoms with van der Waals surface area (Å²) in [5, 5.41) is 12.8. The van der Waals surface area contributed by atoms with Crippen LogP contribution < -0.4 is 10.1 Å². The first-order valence-electron chi connectivity index (χ1n) is 9.79. The number of hydrogen-bond donors (Lipinski definition) is 2. The fourth-order valence-electron chi connectivity index (χ4n) is 4.14. The number of carbonyl (C=O) groups excluding carboxylic acids is 1. The molecule has 2 aliphatic rings. The zero-order valence-electron chi connectivity index (χ0n) is 15.3. The highest BCUT2D eigenvalue weighted by Gasteiger charge is 2.24. The molecule has 0 atom stereocenters. The fourth-order valence-corrected chi connectivity index (χ4v) is 4.14. The summed E-state index contributed by atoms with van der Waals surface area (Å²) in [5.41, 5.74) is 0.862. The lowest BCUT2D eigenvalue weighted by Gasteiger charge is -2.32. The second kappa shape index (κ2) is 8.59. The third-order valence-corrected chi connectivity index (χ3v) is 6.03. The van der Waals surface area contributed by atoms with Gasteiger partial charge < -0.3 is 15.2 Å². The van der Waals surface area contributed by atoms with Crippen molar-refractivity contribution in [2.45, 2.75) is 70.3 Å². The molecule has 0 saturated heterocycles. The molecule has 0 radical (unpaired) electrons. The third kappa shape index (κ3) is 5.13. The normalized spacial score (nSPS) is 23.7. The summed E-state index contributed by atoms with van der Waals surface area (Å²) in [5.74, 6) is 2.46. The van der Waals surface area contributed by atoms with E-state index in [1.807, 2.05) is 0 Å². The van der Waals surface area contributed by atoms with Crippen LogP contribution in [0.4, 0.5) is 0 Å². The zero-order chi connectivity index (χ0) is 17.6. The highest BCUT2D eigenvalue weighted by molar-refractivity contribution is 5.79. The number of nitrogens with one attached hydrogen (secondary N) is 1. The van der Waals surface area contributed by atoms with Gasteiger partial charge in [0.1, 0.15) is 0 Å². The van der Waals surface area contributed by atoms with Crippen molar-refractivity contribution in [3.8, 4) is 11.5 Å². The standard InChI is InChI=1S/C21H31NO3/c1-25-20-13-17(9-12-19(20)23)14-21(24)22-18-10-7-16(8-11-18)6-5-15-3-2-4-15/h9,12-13,15-16,18,23H,2-8,10-11,14H2,1H3,(H,22,24). The number of rotatable bonds is 7. The van der Waals surface area contributed by atoms with Gasteiger partial charge in [0.15, 0.2) is 11.5 Å². The molecule has 0 heterocycles. The fraction of sp³-hybridized carbons (Fsp3) is 0.667. The van der Waals surface area contributed by atoms with Crippen molar-refractivity contribution in [2.24, 2.45) is 11.8 Å². The number of aromatic hydroxyl groups is 1. The number of ether oxygens (including phenoxy) is 1. The SMILES string of the molecule is COc1cc(CC(=O)NC2CCC(CCC3CCC3)CC2)ccc1O. The van der Waals surface area contributed by atoms with Crippen LogP contribution in [0.25, 0.3) is 0 Å². The topological polar surface area (TPSA) is 58.6 Å². The van der Waals surface area contributed by atoms with Gasteiger partial charge in [-0.05, 0) is 55.2 Å². The highest BCUT2D eigenvalue weighted by Crippen LogP contribution is 2.35. The highest BCUT2D eigenvalue weighted by atomic mass is 16.5. The van der Waals surface area contributed by atoms with E-state index >= 15 is 0 Å². The molecule has 3 rings (SSSR count). The minimum Gasteiger partial charge on any atom is -0.504 e. The van der Waals surface area contributed by atoms with Gasteiger partial charge in [0, 0.05) is 6.04 Å². The second-order valence-electron chi connectivity index (χ2n) is 7.84. The molecule has 1 amide bonds. The molecular formula is C21H31NO3. The summed E-state index contributed by atoms with van der Waals surface area (Å²) in [4.78, 5) is 12.3. The molecule has 2 aliphatic carbocycles. The summed E-state index contributed by atoms with van der Waals surface area (Å²) in [6.45, 7) is 0. The van der Waals surface area contributed by atoms with Crippen LogP contribution in [0, 0.1) is 11.8 Å². The Morgan fingerprint density at radius 3 is 2.40 bits per heavy atom. The molecule has 2 fully saturated rings. The first-order valence-corrected chi connectivity index (χ1v) is 9.79. The number of hydrogen-bond acceptors (Lipinski definition) is 3. The molecular weight excluding hydrogens is 314 g/mol. The zero-order valence-corrected chi connectivity index (χ0v) is 15.3. The van der Waals surface area contributed by atoms with Gasteiger partial charge in [0.25, 0.3) is 0 Å². The van der Waals surface area contributed by atoms with Crippen LogP contribution in [0.5, 0.6) is 11.5 Å². The Hall–Kier alpha value is -1.71. The van der Waals surface area contributed by atoms with Crippen LogP contribution in [0.15, 0.2) is 18.2 Å². The van der Waals surface area contributed by atoms with Crippen molar-refractivity contribution < 1.29 is 14.6 Å². The molecule has 0 bridgehead atoms. The molecule has 0 unspecified atom stereocenters. The van der Waals surface area contributed by atoms with E-state index < -0.39 is 0 Å². The van der Waals surface area contributed by atoms with E-state index in [0.29, 0.717) is 18.2 Å². The van der Waals surface area contributed by atoms with Crippen LogP contribution in [-0.4, -0.2) is 24.2 Å². The molecule has 2 N–H and O–H groups in total. The summed E-state index contributed by atoms with van der Waals surface area (Å²) in [6, 6.07) is 5.40. The van der Waals surface area contributed by atoms with Crippen molar-refractivity contribution in [3.05, 3.63) is 23.8 Å². The lowest BCUT2D eigenvalue weighted by Crippen LogP contribution is -2.38. The number of methoxy groups -OCH3 is 1. The van der Waals surface area contributed by atoms with Gasteiger partial charge in [-0.15, -0.1) is 0 Å².